The minimum Gasteiger partial charge on any atom is -0.494 e. The normalized spacial score (nSPS) is 13.9. The fourth-order valence-electron chi connectivity index (χ4n) is 4.39. The van der Waals surface area contributed by atoms with E-state index in [1.165, 1.54) is 21.8 Å². The number of nitrogens with zero attached hydrogens (tertiary/aromatic N) is 4. The summed E-state index contributed by atoms with van der Waals surface area (Å²) in [4.78, 5) is 28.5. The number of carbonyl (C=O) groups excluding carboxylic acids is 2. The van der Waals surface area contributed by atoms with Crippen LogP contribution in [0.3, 0.4) is 0 Å². The highest BCUT2D eigenvalue weighted by atomic mass is 32.2. The van der Waals surface area contributed by atoms with E-state index in [9.17, 15) is 44.3 Å². The molecule has 3 aromatic rings. The van der Waals surface area contributed by atoms with Crippen molar-refractivity contribution in [3.05, 3.63) is 82.5 Å². The average molecular weight is 684 g/mol. The summed E-state index contributed by atoms with van der Waals surface area (Å²) in [5.41, 5.74) is -1.16. The highest BCUT2D eigenvalue weighted by Crippen LogP contribution is 2.31. The van der Waals surface area contributed by atoms with Crippen LogP contribution in [-0.4, -0.2) is 80.0 Å². The second kappa shape index (κ2) is 14.3. The maximum Gasteiger partial charge on any atom is 0.416 e. The first-order chi connectivity index (χ1) is 22.0. The van der Waals surface area contributed by atoms with Crippen molar-refractivity contribution in [1.29, 1.82) is 0 Å². The quantitative estimate of drug-likeness (QED) is 0.276. The second-order valence-corrected chi connectivity index (χ2v) is 12.0. The Kier molecular flexibility index (Phi) is 10.6. The Morgan fingerprint density at radius 1 is 0.915 bits per heavy atom. The number of sulfonamides is 1. The number of hydrogen-bond acceptors (Lipinski definition) is 8. The molecule has 1 aliphatic rings. The highest BCUT2D eigenvalue weighted by Gasteiger charge is 2.33. The van der Waals surface area contributed by atoms with E-state index in [4.69, 9.17) is 4.74 Å². The lowest BCUT2D eigenvalue weighted by molar-refractivity contribution is -0.137. The fraction of sp³-hybridized carbons (Fsp3) is 0.333. The highest BCUT2D eigenvalue weighted by molar-refractivity contribution is 7.90. The maximum absolute atomic E-state index is 13.7. The molecule has 1 aliphatic heterocycles. The average Bonchev–Trinajstić information content (AvgIpc) is 3.02. The molecule has 1 saturated heterocycles. The van der Waals surface area contributed by atoms with Crippen LogP contribution < -0.4 is 14.4 Å². The molecule has 1 fully saturated rings. The molecule has 4 rings (SSSR count). The summed E-state index contributed by atoms with van der Waals surface area (Å²) in [7, 11) is -4.57. The van der Waals surface area contributed by atoms with Gasteiger partial charge in [-0.3, -0.25) is 9.59 Å². The van der Waals surface area contributed by atoms with Crippen LogP contribution in [0.25, 0.3) is 0 Å². The lowest BCUT2D eigenvalue weighted by Gasteiger charge is -2.35. The second-order valence-electron chi connectivity index (χ2n) is 10.2. The van der Waals surface area contributed by atoms with Gasteiger partial charge in [0, 0.05) is 42.9 Å². The lowest BCUT2D eigenvalue weighted by Crippen LogP contribution is -2.49. The molecule has 47 heavy (non-hydrogen) atoms. The maximum atomic E-state index is 13.7. The van der Waals surface area contributed by atoms with Gasteiger partial charge in [0.25, 0.3) is 11.8 Å². The van der Waals surface area contributed by atoms with Crippen LogP contribution >= 0.6 is 0 Å². The molecule has 1 N–H and O–H groups in total. The van der Waals surface area contributed by atoms with Crippen molar-refractivity contribution in [2.45, 2.75) is 25.7 Å². The summed E-state index contributed by atoms with van der Waals surface area (Å²) >= 11 is 0. The molecule has 1 aromatic heterocycles. The Bertz CT molecular complexity index is 1780. The van der Waals surface area contributed by atoms with Crippen molar-refractivity contribution >= 4 is 27.7 Å². The van der Waals surface area contributed by atoms with Gasteiger partial charge in [-0.1, -0.05) is 17.9 Å². The number of rotatable bonds is 8. The SMILES string of the molecule is CCOc1cccc(C#Cc2cc(C(=O)N3CCN(c4ccc(C(=O)NS(=O)(=O)CCC(F)(F)F)nn4)CC3)cc(C(F)(F)F)c2)c1. The van der Waals surface area contributed by atoms with Crippen molar-refractivity contribution in [2.24, 2.45) is 0 Å². The summed E-state index contributed by atoms with van der Waals surface area (Å²) in [5, 5.41) is 7.51. The van der Waals surface area contributed by atoms with Crippen LogP contribution in [0.2, 0.25) is 0 Å². The zero-order valence-electron chi connectivity index (χ0n) is 24.7. The molecular formula is C30H27F6N5O5S. The van der Waals surface area contributed by atoms with Gasteiger partial charge in [0.2, 0.25) is 10.0 Å². The van der Waals surface area contributed by atoms with E-state index in [0.29, 0.717) is 17.9 Å². The van der Waals surface area contributed by atoms with Gasteiger partial charge in [0.05, 0.1) is 24.3 Å². The third-order valence-corrected chi connectivity index (χ3v) is 7.92. The number of aromatic nitrogens is 2. The van der Waals surface area contributed by atoms with Crippen molar-refractivity contribution < 1.29 is 49.1 Å². The largest absolute Gasteiger partial charge is 0.494 e. The van der Waals surface area contributed by atoms with E-state index in [2.05, 4.69) is 22.0 Å². The van der Waals surface area contributed by atoms with Gasteiger partial charge < -0.3 is 14.5 Å². The van der Waals surface area contributed by atoms with E-state index in [1.807, 2.05) is 6.92 Å². The van der Waals surface area contributed by atoms with Gasteiger partial charge in [0.15, 0.2) is 11.5 Å². The van der Waals surface area contributed by atoms with Crippen LogP contribution in [0, 0.1) is 11.8 Å². The summed E-state index contributed by atoms with van der Waals surface area (Å²) in [5.74, 6) is 3.07. The smallest absolute Gasteiger partial charge is 0.416 e. The van der Waals surface area contributed by atoms with Crippen LogP contribution in [0.4, 0.5) is 32.2 Å². The Morgan fingerprint density at radius 3 is 2.23 bits per heavy atom. The summed E-state index contributed by atoms with van der Waals surface area (Å²) in [6, 6.07) is 12.1. The van der Waals surface area contributed by atoms with E-state index in [1.54, 1.807) is 29.2 Å². The molecule has 10 nitrogen and oxygen atoms in total. The van der Waals surface area contributed by atoms with E-state index < -0.39 is 57.6 Å². The molecule has 250 valence electrons. The Labute approximate surface area is 265 Å². The first-order valence-electron chi connectivity index (χ1n) is 14.0. The molecule has 0 atom stereocenters. The number of alkyl halides is 6. The third-order valence-electron chi connectivity index (χ3n) is 6.68. The molecule has 0 bridgehead atoms. The van der Waals surface area contributed by atoms with Gasteiger partial charge in [-0.05, 0) is 55.5 Å². The van der Waals surface area contributed by atoms with Crippen LogP contribution in [0.15, 0.2) is 54.6 Å². The number of anilines is 1. The Hall–Kier alpha value is -4.85. The summed E-state index contributed by atoms with van der Waals surface area (Å²) in [6.07, 6.45) is -11.1. The first-order valence-corrected chi connectivity index (χ1v) is 15.6. The Morgan fingerprint density at radius 2 is 1.62 bits per heavy atom. The number of ether oxygens (including phenoxy) is 1. The van der Waals surface area contributed by atoms with Gasteiger partial charge in [-0.15, -0.1) is 10.2 Å². The number of halogens is 6. The summed E-state index contributed by atoms with van der Waals surface area (Å²) in [6.45, 7) is 2.82. The number of nitrogens with one attached hydrogen (secondary N) is 1. The van der Waals surface area contributed by atoms with Gasteiger partial charge in [-0.25, -0.2) is 13.1 Å². The fourth-order valence-corrected chi connectivity index (χ4v) is 5.38. The van der Waals surface area contributed by atoms with Crippen LogP contribution in [0.5, 0.6) is 5.75 Å². The molecule has 0 spiro atoms. The third kappa shape index (κ3) is 10.1. The van der Waals surface area contributed by atoms with Gasteiger partial charge in [-0.2, -0.15) is 26.3 Å². The number of piperazine rings is 1. The monoisotopic (exact) mass is 683 g/mol. The Balaban J connectivity index is 1.42. The minimum absolute atomic E-state index is 0.00354. The van der Waals surface area contributed by atoms with Crippen molar-refractivity contribution in [3.8, 4) is 17.6 Å². The predicted octanol–water partition coefficient (Wildman–Crippen LogP) is 4.27. The molecule has 17 heteroatoms. The molecular weight excluding hydrogens is 656 g/mol. The zero-order chi connectivity index (χ0) is 34.4. The number of carbonyl (C=O) groups is 2. The predicted molar refractivity (Wildman–Crippen MR) is 157 cm³/mol. The van der Waals surface area contributed by atoms with Crippen molar-refractivity contribution in [3.63, 3.8) is 0 Å². The van der Waals surface area contributed by atoms with Crippen LogP contribution in [0.1, 0.15) is 50.9 Å². The number of benzene rings is 2. The standard InChI is InChI=1S/C30H27F6N5O5S/c1-2-46-24-5-3-4-20(18-24)6-7-21-16-22(19-23(17-21)30(34,35)36)28(43)41-13-11-40(12-14-41)26-9-8-25(37-38-26)27(42)39-47(44,45)15-10-29(31,32)33/h3-5,8-9,16-19H,2,10-15H2,1H3,(H,39,42). The lowest BCUT2D eigenvalue weighted by atomic mass is 10.0. The van der Waals surface area contributed by atoms with Crippen LogP contribution in [-0.2, 0) is 16.2 Å². The molecule has 2 heterocycles. The topological polar surface area (TPSA) is 122 Å². The molecule has 0 aliphatic carbocycles. The van der Waals surface area contributed by atoms with Gasteiger partial charge in [0.1, 0.15) is 5.75 Å². The molecule has 0 saturated carbocycles. The first kappa shape index (κ1) is 35.0. The van der Waals surface area contributed by atoms with Crippen molar-refractivity contribution in [2.75, 3.05) is 43.4 Å². The van der Waals surface area contributed by atoms with E-state index >= 15 is 0 Å². The molecule has 2 aromatic carbocycles. The van der Waals surface area contributed by atoms with E-state index in [-0.39, 0.29) is 43.1 Å². The molecule has 0 radical (unpaired) electrons. The van der Waals surface area contributed by atoms with Gasteiger partial charge >= 0.3 is 12.4 Å². The minimum atomic E-state index is -4.73. The number of hydrogen-bond donors (Lipinski definition) is 1. The number of amides is 2. The summed E-state index contributed by atoms with van der Waals surface area (Å²) < 4.78 is 109. The molecule has 2 amide bonds. The van der Waals surface area contributed by atoms with E-state index in [0.717, 1.165) is 18.2 Å². The molecule has 0 unspecified atom stereocenters. The van der Waals surface area contributed by atoms with Crippen molar-refractivity contribution in [1.82, 2.24) is 19.8 Å². The zero-order valence-corrected chi connectivity index (χ0v) is 25.5.